The van der Waals surface area contributed by atoms with Crippen molar-refractivity contribution in [2.75, 3.05) is 18.0 Å². The Balaban J connectivity index is 1.74. The lowest BCUT2D eigenvalue weighted by Crippen LogP contribution is -2.53. The maximum Gasteiger partial charge on any atom is 0.264 e. The molecule has 9 heteroatoms. The van der Waals surface area contributed by atoms with Gasteiger partial charge in [0, 0.05) is 12.6 Å². The Morgan fingerprint density at radius 3 is 2.16 bits per heavy atom. The maximum atomic E-state index is 14.3. The average Bonchev–Trinajstić information content (AvgIpc) is 3.50. The highest BCUT2D eigenvalue weighted by Crippen LogP contribution is 2.29. The van der Waals surface area contributed by atoms with Gasteiger partial charge in [-0.2, -0.15) is 0 Å². The van der Waals surface area contributed by atoms with Crippen LogP contribution in [-0.2, 0) is 26.2 Å². The van der Waals surface area contributed by atoms with Gasteiger partial charge in [-0.3, -0.25) is 13.9 Å². The Hall–Kier alpha value is -3.85. The molecule has 1 fully saturated rings. The minimum absolute atomic E-state index is 0.0906. The molecular formula is C34H43N3O5S. The van der Waals surface area contributed by atoms with Crippen molar-refractivity contribution < 1.29 is 22.7 Å². The largest absolute Gasteiger partial charge is 0.497 e. The molecular weight excluding hydrogens is 562 g/mol. The molecule has 2 amide bonds. The summed E-state index contributed by atoms with van der Waals surface area (Å²) in [6.45, 7) is 7.17. The Bertz CT molecular complexity index is 1510. The van der Waals surface area contributed by atoms with Crippen LogP contribution in [0.1, 0.15) is 61.3 Å². The molecule has 0 heterocycles. The third-order valence-corrected chi connectivity index (χ3v) is 9.89. The van der Waals surface area contributed by atoms with Crippen LogP contribution < -0.4 is 14.4 Å². The second-order valence-electron chi connectivity index (χ2n) is 11.4. The lowest BCUT2D eigenvalue weighted by atomic mass is 10.1. The van der Waals surface area contributed by atoms with Gasteiger partial charge in [-0.15, -0.1) is 0 Å². The topological polar surface area (TPSA) is 96.0 Å². The Labute approximate surface area is 256 Å². The van der Waals surface area contributed by atoms with Crippen molar-refractivity contribution in [2.45, 2.75) is 83.3 Å². The van der Waals surface area contributed by atoms with E-state index in [4.69, 9.17) is 4.74 Å². The summed E-state index contributed by atoms with van der Waals surface area (Å²) in [4.78, 5) is 29.6. The molecule has 230 valence electrons. The third-order valence-electron chi connectivity index (χ3n) is 8.12. The van der Waals surface area contributed by atoms with Gasteiger partial charge in [0.25, 0.3) is 10.0 Å². The molecule has 43 heavy (non-hydrogen) atoms. The van der Waals surface area contributed by atoms with E-state index < -0.39 is 28.5 Å². The number of ether oxygens (including phenoxy) is 1. The lowest BCUT2D eigenvalue weighted by Gasteiger charge is -2.34. The van der Waals surface area contributed by atoms with Crippen LogP contribution in [0.25, 0.3) is 0 Å². The number of nitrogens with zero attached hydrogens (tertiary/aromatic N) is 2. The highest BCUT2D eigenvalue weighted by atomic mass is 32.2. The molecule has 3 aromatic rings. The van der Waals surface area contributed by atoms with Crippen molar-refractivity contribution in [3.63, 3.8) is 0 Å². The highest BCUT2D eigenvalue weighted by Gasteiger charge is 2.35. The molecule has 3 aromatic carbocycles. The van der Waals surface area contributed by atoms with Crippen LogP contribution in [0, 0.1) is 20.8 Å². The number of benzene rings is 3. The zero-order valence-corrected chi connectivity index (χ0v) is 26.6. The summed E-state index contributed by atoms with van der Waals surface area (Å²) in [7, 11) is -2.54. The maximum absolute atomic E-state index is 14.3. The van der Waals surface area contributed by atoms with Crippen LogP contribution in [0.5, 0.6) is 5.75 Å². The first kappa shape index (κ1) is 32.1. The third kappa shape index (κ3) is 7.76. The van der Waals surface area contributed by atoms with Crippen LogP contribution >= 0.6 is 0 Å². The normalized spacial score (nSPS) is 14.3. The van der Waals surface area contributed by atoms with E-state index in [0.717, 1.165) is 47.9 Å². The van der Waals surface area contributed by atoms with Crippen molar-refractivity contribution in [1.29, 1.82) is 0 Å². The quantitative estimate of drug-likeness (QED) is 0.287. The molecule has 0 radical (unpaired) electrons. The predicted molar refractivity (Wildman–Crippen MR) is 170 cm³/mol. The summed E-state index contributed by atoms with van der Waals surface area (Å²) < 4.78 is 34.8. The van der Waals surface area contributed by atoms with E-state index in [1.165, 1.54) is 9.21 Å². The van der Waals surface area contributed by atoms with Crippen LogP contribution in [0.4, 0.5) is 5.69 Å². The number of rotatable bonds is 12. The van der Waals surface area contributed by atoms with E-state index in [2.05, 4.69) is 5.32 Å². The van der Waals surface area contributed by atoms with Gasteiger partial charge in [-0.25, -0.2) is 8.42 Å². The summed E-state index contributed by atoms with van der Waals surface area (Å²) in [5.41, 5.74) is 3.76. The van der Waals surface area contributed by atoms with Gasteiger partial charge >= 0.3 is 0 Å². The van der Waals surface area contributed by atoms with Gasteiger partial charge < -0.3 is 15.0 Å². The molecule has 1 saturated carbocycles. The molecule has 0 aliphatic heterocycles. The number of anilines is 1. The summed E-state index contributed by atoms with van der Waals surface area (Å²) >= 11 is 0. The van der Waals surface area contributed by atoms with Gasteiger partial charge in [0.1, 0.15) is 18.3 Å². The van der Waals surface area contributed by atoms with E-state index in [0.29, 0.717) is 17.9 Å². The van der Waals surface area contributed by atoms with E-state index in [9.17, 15) is 18.0 Å². The molecule has 0 aromatic heterocycles. The zero-order chi connectivity index (χ0) is 31.1. The molecule has 1 N–H and O–H groups in total. The number of sulfonamides is 1. The summed E-state index contributed by atoms with van der Waals surface area (Å²) in [6, 6.07) is 18.8. The fraction of sp³-hybridized carbons (Fsp3) is 0.412. The van der Waals surface area contributed by atoms with Gasteiger partial charge in [-0.05, 0) is 87.1 Å². The number of hydrogen-bond acceptors (Lipinski definition) is 5. The molecule has 0 spiro atoms. The van der Waals surface area contributed by atoms with Crippen LogP contribution in [0.3, 0.4) is 0 Å². The highest BCUT2D eigenvalue weighted by molar-refractivity contribution is 7.92. The predicted octanol–water partition coefficient (Wildman–Crippen LogP) is 5.68. The summed E-state index contributed by atoms with van der Waals surface area (Å²) in [5.74, 6) is 0.00899. The van der Waals surface area contributed by atoms with E-state index >= 15 is 0 Å². The number of hydrogen-bond donors (Lipinski definition) is 1. The van der Waals surface area contributed by atoms with Crippen LogP contribution in [0.15, 0.2) is 71.6 Å². The molecule has 0 bridgehead atoms. The number of amides is 2. The molecule has 4 rings (SSSR count). The first-order chi connectivity index (χ1) is 20.5. The standard InChI is InChI=1S/C34H43N3O5S/c1-6-31(34(39)35-28-9-7-8-10-28)36(22-27-15-17-29(42-5)18-16-27)33(38)23-37(32-21-25(3)11-14-26(32)4)43(40,41)30-19-12-24(2)13-20-30/h11-21,28,31H,6-10,22-23H2,1-5H3,(H,35,39). The second-order valence-corrected chi connectivity index (χ2v) is 13.3. The van der Waals surface area contributed by atoms with E-state index in [1.54, 1.807) is 37.4 Å². The van der Waals surface area contributed by atoms with Crippen molar-refractivity contribution in [1.82, 2.24) is 10.2 Å². The number of carbonyl (C=O) groups is 2. The molecule has 1 aliphatic carbocycles. The SMILES string of the molecule is CCC(C(=O)NC1CCCC1)N(Cc1ccc(OC)cc1)C(=O)CN(c1cc(C)ccc1C)S(=O)(=O)c1ccc(C)cc1. The van der Waals surface area contributed by atoms with Crippen molar-refractivity contribution in [3.8, 4) is 5.75 Å². The summed E-state index contributed by atoms with van der Waals surface area (Å²) in [5, 5.41) is 3.15. The second kappa shape index (κ2) is 14.1. The Morgan fingerprint density at radius 1 is 0.930 bits per heavy atom. The Morgan fingerprint density at radius 2 is 1.56 bits per heavy atom. The van der Waals surface area contributed by atoms with Crippen molar-refractivity contribution in [3.05, 3.63) is 89.0 Å². The lowest BCUT2D eigenvalue weighted by molar-refractivity contribution is -0.140. The Kier molecular flexibility index (Phi) is 10.5. The van der Waals surface area contributed by atoms with Crippen LogP contribution in [0.2, 0.25) is 0 Å². The van der Waals surface area contributed by atoms with Crippen LogP contribution in [-0.4, -0.2) is 50.9 Å². The van der Waals surface area contributed by atoms with Gasteiger partial charge in [-0.1, -0.05) is 61.7 Å². The number of nitrogens with one attached hydrogen (secondary N) is 1. The minimum atomic E-state index is -4.12. The molecule has 0 saturated heterocycles. The fourth-order valence-electron chi connectivity index (χ4n) is 5.55. The van der Waals surface area contributed by atoms with E-state index in [-0.39, 0.29) is 23.4 Å². The van der Waals surface area contributed by atoms with Gasteiger partial charge in [0.2, 0.25) is 11.8 Å². The van der Waals surface area contributed by atoms with Crippen molar-refractivity contribution in [2.24, 2.45) is 0 Å². The van der Waals surface area contributed by atoms with Gasteiger partial charge in [0.05, 0.1) is 17.7 Å². The average molecular weight is 606 g/mol. The zero-order valence-electron chi connectivity index (χ0n) is 25.8. The molecule has 1 unspecified atom stereocenters. The molecule has 1 atom stereocenters. The molecule has 1 aliphatic rings. The van der Waals surface area contributed by atoms with Crippen molar-refractivity contribution >= 4 is 27.5 Å². The summed E-state index contributed by atoms with van der Waals surface area (Å²) in [6.07, 6.45) is 4.36. The smallest absolute Gasteiger partial charge is 0.264 e. The first-order valence-electron chi connectivity index (χ1n) is 14.9. The number of carbonyl (C=O) groups excluding carboxylic acids is 2. The fourth-order valence-corrected chi connectivity index (χ4v) is 7.02. The molecule has 8 nitrogen and oxygen atoms in total. The monoisotopic (exact) mass is 605 g/mol. The number of methoxy groups -OCH3 is 1. The minimum Gasteiger partial charge on any atom is -0.497 e. The number of aryl methyl sites for hydroxylation is 3. The first-order valence-corrected chi connectivity index (χ1v) is 16.4. The van der Waals surface area contributed by atoms with E-state index in [1.807, 2.05) is 64.1 Å². The van der Waals surface area contributed by atoms with Gasteiger partial charge in [0.15, 0.2) is 0 Å².